The molecular formula is C27H38N2O7. The summed E-state index contributed by atoms with van der Waals surface area (Å²) < 4.78 is 10.2. The minimum absolute atomic E-state index is 0.0597. The maximum absolute atomic E-state index is 13.5. The van der Waals surface area contributed by atoms with Crippen molar-refractivity contribution in [2.75, 3.05) is 13.2 Å². The summed E-state index contributed by atoms with van der Waals surface area (Å²) in [6, 6.07) is 4.64. The maximum Gasteiger partial charge on any atom is 0.338 e. The molecule has 0 aromatic heterocycles. The molecule has 0 radical (unpaired) electrons. The van der Waals surface area contributed by atoms with Gasteiger partial charge in [0.05, 0.1) is 24.8 Å². The number of amides is 1. The fourth-order valence-corrected chi connectivity index (χ4v) is 5.44. The van der Waals surface area contributed by atoms with E-state index in [4.69, 9.17) is 9.47 Å². The molecule has 198 valence electrons. The van der Waals surface area contributed by atoms with Gasteiger partial charge in [0.2, 0.25) is 5.91 Å². The van der Waals surface area contributed by atoms with Gasteiger partial charge in [-0.05, 0) is 76.5 Å². The van der Waals surface area contributed by atoms with E-state index in [1.165, 1.54) is 0 Å². The molecule has 2 N–H and O–H groups in total. The predicted molar refractivity (Wildman–Crippen MR) is 132 cm³/mol. The topological polar surface area (TPSA) is 122 Å². The molecule has 1 saturated carbocycles. The number of aliphatic carboxylic acids is 1. The van der Waals surface area contributed by atoms with Crippen LogP contribution >= 0.6 is 0 Å². The molecule has 9 heteroatoms. The number of nitrogens with one attached hydrogen (secondary N) is 1. The van der Waals surface area contributed by atoms with E-state index in [2.05, 4.69) is 5.32 Å². The molecular weight excluding hydrogens is 464 g/mol. The van der Waals surface area contributed by atoms with Crippen molar-refractivity contribution in [3.8, 4) is 0 Å². The lowest BCUT2D eigenvalue weighted by Crippen LogP contribution is -2.55. The van der Waals surface area contributed by atoms with Crippen molar-refractivity contribution in [2.24, 2.45) is 5.92 Å². The second-order valence-corrected chi connectivity index (χ2v) is 9.60. The Morgan fingerprint density at radius 1 is 1.06 bits per heavy atom. The monoisotopic (exact) mass is 502 g/mol. The van der Waals surface area contributed by atoms with Gasteiger partial charge >= 0.3 is 17.9 Å². The van der Waals surface area contributed by atoms with E-state index in [9.17, 15) is 24.3 Å². The lowest BCUT2D eigenvalue weighted by atomic mass is 9.84. The third-order valence-corrected chi connectivity index (χ3v) is 7.21. The van der Waals surface area contributed by atoms with Gasteiger partial charge in [-0.15, -0.1) is 0 Å². The molecule has 0 bridgehead atoms. The van der Waals surface area contributed by atoms with Gasteiger partial charge in [-0.2, -0.15) is 0 Å². The van der Waals surface area contributed by atoms with Gasteiger partial charge in [-0.1, -0.05) is 25.0 Å². The van der Waals surface area contributed by atoms with Gasteiger partial charge in [-0.25, -0.2) is 9.59 Å². The van der Waals surface area contributed by atoms with Crippen LogP contribution in [0.1, 0.15) is 75.2 Å². The number of carbonyl (C=O) groups excluding carboxylic acids is 3. The summed E-state index contributed by atoms with van der Waals surface area (Å²) in [7, 11) is 0. The number of nitrogens with zero attached hydrogens (tertiary/aromatic N) is 1. The quantitative estimate of drug-likeness (QED) is 0.443. The summed E-state index contributed by atoms with van der Waals surface area (Å²) >= 11 is 0. The van der Waals surface area contributed by atoms with Crippen molar-refractivity contribution in [3.63, 3.8) is 0 Å². The molecule has 1 aliphatic carbocycles. The highest BCUT2D eigenvalue weighted by Crippen LogP contribution is 2.40. The minimum Gasteiger partial charge on any atom is -0.480 e. The summed E-state index contributed by atoms with van der Waals surface area (Å²) in [4.78, 5) is 51.5. The molecule has 1 aromatic carbocycles. The molecule has 2 fully saturated rings. The SMILES string of the molecule is CCOC(=O)c1ccc(CC[C@H](N[C@@H](C)C(=O)N2[C@@H]3CCCC[C@@H]3C[C@H]2C(=O)O)C(=O)OCC)cc1. The van der Waals surface area contributed by atoms with Crippen LogP contribution in [0.3, 0.4) is 0 Å². The van der Waals surface area contributed by atoms with E-state index in [-0.39, 0.29) is 30.4 Å². The second kappa shape index (κ2) is 12.9. The Hall–Kier alpha value is -2.94. The predicted octanol–water partition coefficient (Wildman–Crippen LogP) is 2.95. The Bertz CT molecular complexity index is 933. The van der Waals surface area contributed by atoms with E-state index >= 15 is 0 Å². The number of aryl methyl sites for hydroxylation is 1. The van der Waals surface area contributed by atoms with E-state index in [0.29, 0.717) is 31.4 Å². The number of ether oxygens (including phenoxy) is 2. The summed E-state index contributed by atoms with van der Waals surface area (Å²) in [5.41, 5.74) is 1.38. The van der Waals surface area contributed by atoms with Crippen LogP contribution in [0.25, 0.3) is 0 Å². The van der Waals surface area contributed by atoms with Crippen molar-refractivity contribution < 1.29 is 33.8 Å². The normalized spacial score (nSPS) is 22.9. The van der Waals surface area contributed by atoms with Crippen LogP contribution in [-0.2, 0) is 30.3 Å². The number of carbonyl (C=O) groups is 4. The molecule has 1 amide bonds. The number of hydrogen-bond acceptors (Lipinski definition) is 7. The van der Waals surface area contributed by atoms with Crippen LogP contribution in [0.15, 0.2) is 24.3 Å². The number of carboxylic acids is 1. The van der Waals surface area contributed by atoms with Crippen LogP contribution in [-0.4, -0.2) is 71.2 Å². The van der Waals surface area contributed by atoms with Crippen LogP contribution in [0.5, 0.6) is 0 Å². The molecule has 3 rings (SSSR count). The molecule has 0 unspecified atom stereocenters. The van der Waals surface area contributed by atoms with Gasteiger partial charge in [0.15, 0.2) is 0 Å². The van der Waals surface area contributed by atoms with E-state index in [1.54, 1.807) is 37.8 Å². The molecule has 1 saturated heterocycles. The number of rotatable bonds is 11. The fourth-order valence-electron chi connectivity index (χ4n) is 5.44. The molecule has 5 atom stereocenters. The first-order valence-corrected chi connectivity index (χ1v) is 13.0. The highest BCUT2D eigenvalue weighted by atomic mass is 16.5. The first-order valence-electron chi connectivity index (χ1n) is 13.0. The summed E-state index contributed by atoms with van der Waals surface area (Å²) in [6.07, 6.45) is 5.20. The van der Waals surface area contributed by atoms with Gasteiger partial charge in [0.25, 0.3) is 0 Å². The average Bonchev–Trinajstić information content (AvgIpc) is 3.26. The van der Waals surface area contributed by atoms with Gasteiger partial charge in [0.1, 0.15) is 12.1 Å². The highest BCUT2D eigenvalue weighted by molar-refractivity contribution is 5.89. The Morgan fingerprint density at radius 2 is 1.72 bits per heavy atom. The first kappa shape index (κ1) is 27.6. The van der Waals surface area contributed by atoms with E-state index < -0.39 is 30.1 Å². The Balaban J connectivity index is 1.67. The molecule has 2 aliphatic rings. The van der Waals surface area contributed by atoms with Crippen LogP contribution in [0, 0.1) is 5.92 Å². The number of benzene rings is 1. The Labute approximate surface area is 212 Å². The first-order chi connectivity index (χ1) is 17.3. The van der Waals surface area contributed by atoms with E-state index in [1.807, 2.05) is 12.1 Å². The summed E-state index contributed by atoms with van der Waals surface area (Å²) in [6.45, 7) is 5.67. The minimum atomic E-state index is -0.974. The zero-order chi connectivity index (χ0) is 26.2. The molecule has 0 spiro atoms. The van der Waals surface area contributed by atoms with Crippen molar-refractivity contribution >= 4 is 23.8 Å². The number of fused-ring (bicyclic) bond motifs is 1. The van der Waals surface area contributed by atoms with Crippen molar-refractivity contribution in [1.29, 1.82) is 0 Å². The van der Waals surface area contributed by atoms with Gasteiger partial charge < -0.3 is 19.5 Å². The molecule has 1 aliphatic heterocycles. The number of hydrogen-bond donors (Lipinski definition) is 2. The summed E-state index contributed by atoms with van der Waals surface area (Å²) in [5, 5.41) is 12.9. The lowest BCUT2D eigenvalue weighted by Gasteiger charge is -2.35. The lowest BCUT2D eigenvalue weighted by molar-refractivity contribution is -0.152. The number of carboxylic acid groups (broad SMARTS) is 1. The highest BCUT2D eigenvalue weighted by Gasteiger charge is 2.48. The van der Waals surface area contributed by atoms with E-state index in [0.717, 1.165) is 31.2 Å². The molecule has 1 heterocycles. The zero-order valence-electron chi connectivity index (χ0n) is 21.4. The van der Waals surface area contributed by atoms with Gasteiger partial charge in [0, 0.05) is 6.04 Å². The second-order valence-electron chi connectivity index (χ2n) is 9.60. The maximum atomic E-state index is 13.5. The number of esters is 2. The van der Waals surface area contributed by atoms with Crippen molar-refractivity contribution in [3.05, 3.63) is 35.4 Å². The average molecular weight is 503 g/mol. The van der Waals surface area contributed by atoms with Crippen LogP contribution in [0.2, 0.25) is 0 Å². The molecule has 36 heavy (non-hydrogen) atoms. The van der Waals surface area contributed by atoms with Crippen molar-refractivity contribution in [1.82, 2.24) is 10.2 Å². The standard InChI is InChI=1S/C27H38N2O7/c1-4-35-26(33)19-13-10-18(11-14-19)12-15-21(27(34)36-5-2)28-17(3)24(30)29-22-9-7-6-8-20(22)16-23(29)25(31)32/h10-11,13-14,17,20-23,28H,4-9,12,15-16H2,1-3H3,(H,31,32)/t17-,20+,21-,22+,23-/m0/s1. The Morgan fingerprint density at radius 3 is 2.36 bits per heavy atom. The fraction of sp³-hybridized carbons (Fsp3) is 0.630. The Kier molecular flexibility index (Phi) is 9.87. The smallest absolute Gasteiger partial charge is 0.338 e. The molecule has 9 nitrogen and oxygen atoms in total. The third kappa shape index (κ3) is 6.63. The van der Waals surface area contributed by atoms with Crippen molar-refractivity contribution in [2.45, 2.75) is 89.9 Å². The summed E-state index contributed by atoms with van der Waals surface area (Å²) in [5.74, 6) is -1.88. The van der Waals surface area contributed by atoms with Crippen LogP contribution in [0.4, 0.5) is 0 Å². The van der Waals surface area contributed by atoms with Gasteiger partial charge in [-0.3, -0.25) is 14.9 Å². The van der Waals surface area contributed by atoms with Crippen LogP contribution < -0.4 is 5.32 Å². The third-order valence-electron chi connectivity index (χ3n) is 7.21. The largest absolute Gasteiger partial charge is 0.480 e. The molecule has 1 aromatic rings. The number of likely N-dealkylation sites (tertiary alicyclic amines) is 1. The zero-order valence-corrected chi connectivity index (χ0v) is 21.4.